The van der Waals surface area contributed by atoms with Gasteiger partial charge in [0, 0.05) is 24.3 Å². The summed E-state index contributed by atoms with van der Waals surface area (Å²) in [5, 5.41) is 3.67. The van der Waals surface area contributed by atoms with Crippen molar-refractivity contribution < 1.29 is 13.9 Å². The first kappa shape index (κ1) is 19.7. The molecule has 150 valence electrons. The second kappa shape index (κ2) is 9.24. The number of benzene rings is 2. The van der Waals surface area contributed by atoms with Crippen molar-refractivity contribution in [2.75, 3.05) is 18.9 Å². The van der Waals surface area contributed by atoms with Gasteiger partial charge in [0.1, 0.15) is 16.7 Å². The van der Waals surface area contributed by atoms with Crippen molar-refractivity contribution in [1.29, 1.82) is 0 Å². The van der Waals surface area contributed by atoms with Gasteiger partial charge in [-0.1, -0.05) is 42.1 Å². The van der Waals surface area contributed by atoms with Crippen LogP contribution in [0.25, 0.3) is 22.6 Å². The number of rotatable bonds is 7. The Labute approximate surface area is 173 Å². The summed E-state index contributed by atoms with van der Waals surface area (Å²) in [5.74, 6) is 0.573. The number of nitrogens with zero attached hydrogens (tertiary/aromatic N) is 1. The fraction of sp³-hybridized carbons (Fsp3) is 0.273. The van der Waals surface area contributed by atoms with Gasteiger partial charge < -0.3 is 15.0 Å². The number of imidazole rings is 1. The predicted molar refractivity (Wildman–Crippen MR) is 112 cm³/mol. The lowest BCUT2D eigenvalue weighted by Gasteiger charge is -2.10. The number of thioether (sulfide) groups is 1. The highest BCUT2D eigenvalue weighted by molar-refractivity contribution is 8.00. The minimum absolute atomic E-state index is 0.0455. The van der Waals surface area contributed by atoms with Crippen molar-refractivity contribution in [3.05, 3.63) is 60.4 Å². The smallest absolute Gasteiger partial charge is 0.230 e. The Balaban J connectivity index is 1.49. The summed E-state index contributed by atoms with van der Waals surface area (Å²) >= 11 is 1.38. The van der Waals surface area contributed by atoms with Gasteiger partial charge >= 0.3 is 0 Å². The molecule has 1 aliphatic rings. The predicted octanol–water partition coefficient (Wildman–Crippen LogP) is 4.27. The van der Waals surface area contributed by atoms with Gasteiger partial charge in [0.2, 0.25) is 5.91 Å². The molecule has 0 radical (unpaired) electrons. The molecule has 2 heterocycles. The maximum Gasteiger partial charge on any atom is 0.230 e. The van der Waals surface area contributed by atoms with Crippen LogP contribution >= 0.6 is 11.8 Å². The van der Waals surface area contributed by atoms with E-state index in [2.05, 4.69) is 15.3 Å². The van der Waals surface area contributed by atoms with E-state index in [-0.39, 0.29) is 23.6 Å². The molecular weight excluding hydrogens is 389 g/mol. The molecule has 0 spiro atoms. The quantitative estimate of drug-likeness (QED) is 0.570. The van der Waals surface area contributed by atoms with Gasteiger partial charge in [0.25, 0.3) is 0 Å². The third-order valence-electron chi connectivity index (χ3n) is 4.74. The van der Waals surface area contributed by atoms with Crippen LogP contribution in [0, 0.1) is 5.82 Å². The molecule has 0 saturated carbocycles. The minimum Gasteiger partial charge on any atom is -0.376 e. The Bertz CT molecular complexity index is 954. The lowest BCUT2D eigenvalue weighted by atomic mass is 10.2. The van der Waals surface area contributed by atoms with Gasteiger partial charge in [-0.15, -0.1) is 0 Å². The standard InChI is InChI=1S/C22H22FN3O2S/c23-17-10-8-16(9-11-17)21-25-20(15-5-2-1-3-6-15)22(26-21)29-14-19(27)24-13-18-7-4-12-28-18/h1-3,5-6,8-11,18H,4,7,12-14H2,(H,24,27)(H,25,26). The summed E-state index contributed by atoms with van der Waals surface area (Å²) in [6.45, 7) is 1.32. The molecule has 5 nitrogen and oxygen atoms in total. The van der Waals surface area contributed by atoms with Gasteiger partial charge in [-0.25, -0.2) is 9.37 Å². The zero-order valence-corrected chi connectivity index (χ0v) is 16.7. The van der Waals surface area contributed by atoms with E-state index in [4.69, 9.17) is 4.74 Å². The van der Waals surface area contributed by atoms with Crippen LogP contribution in [0.3, 0.4) is 0 Å². The summed E-state index contributed by atoms with van der Waals surface area (Å²) in [6, 6.07) is 16.0. The summed E-state index contributed by atoms with van der Waals surface area (Å²) in [4.78, 5) is 20.3. The van der Waals surface area contributed by atoms with E-state index < -0.39 is 0 Å². The van der Waals surface area contributed by atoms with E-state index in [9.17, 15) is 9.18 Å². The van der Waals surface area contributed by atoms with Gasteiger partial charge in [-0.2, -0.15) is 0 Å². The third kappa shape index (κ3) is 5.05. The van der Waals surface area contributed by atoms with E-state index >= 15 is 0 Å². The number of hydrogen-bond acceptors (Lipinski definition) is 4. The Kier molecular flexibility index (Phi) is 6.27. The van der Waals surface area contributed by atoms with Crippen LogP contribution < -0.4 is 5.32 Å². The molecule has 2 aromatic carbocycles. The lowest BCUT2D eigenvalue weighted by molar-refractivity contribution is -0.119. The summed E-state index contributed by atoms with van der Waals surface area (Å²) in [5.41, 5.74) is 2.62. The number of ether oxygens (including phenoxy) is 1. The maximum absolute atomic E-state index is 13.3. The van der Waals surface area contributed by atoms with E-state index in [0.29, 0.717) is 12.4 Å². The Morgan fingerprint density at radius 1 is 1.17 bits per heavy atom. The Hall–Kier alpha value is -2.64. The van der Waals surface area contributed by atoms with E-state index in [0.717, 1.165) is 41.3 Å². The van der Waals surface area contributed by atoms with Crippen LogP contribution in [0.15, 0.2) is 59.6 Å². The van der Waals surface area contributed by atoms with Crippen LogP contribution in [-0.2, 0) is 9.53 Å². The van der Waals surface area contributed by atoms with Crippen molar-refractivity contribution >= 4 is 17.7 Å². The lowest BCUT2D eigenvalue weighted by Crippen LogP contribution is -2.32. The number of carbonyl (C=O) groups is 1. The number of aromatic amines is 1. The average molecular weight is 412 g/mol. The number of halogens is 1. The van der Waals surface area contributed by atoms with Crippen LogP contribution in [0.5, 0.6) is 0 Å². The summed E-state index contributed by atoms with van der Waals surface area (Å²) in [6.07, 6.45) is 2.17. The normalized spacial score (nSPS) is 16.1. The fourth-order valence-electron chi connectivity index (χ4n) is 3.22. The molecular formula is C22H22FN3O2S. The average Bonchev–Trinajstić information content (AvgIpc) is 3.42. The van der Waals surface area contributed by atoms with Gasteiger partial charge in [-0.05, 0) is 37.1 Å². The van der Waals surface area contributed by atoms with Gasteiger partial charge in [-0.3, -0.25) is 4.79 Å². The maximum atomic E-state index is 13.3. The third-order valence-corrected chi connectivity index (χ3v) is 5.72. The van der Waals surface area contributed by atoms with E-state index in [1.807, 2.05) is 30.3 Å². The number of nitrogens with one attached hydrogen (secondary N) is 2. The second-order valence-corrected chi connectivity index (χ2v) is 7.83. The Morgan fingerprint density at radius 2 is 1.97 bits per heavy atom. The molecule has 29 heavy (non-hydrogen) atoms. The molecule has 0 bridgehead atoms. The van der Waals surface area contributed by atoms with Gasteiger partial charge in [0.15, 0.2) is 0 Å². The topological polar surface area (TPSA) is 67.0 Å². The van der Waals surface area contributed by atoms with Crippen LogP contribution in [0.2, 0.25) is 0 Å². The first-order valence-corrected chi connectivity index (χ1v) is 10.6. The molecule has 1 aliphatic heterocycles. The molecule has 1 aromatic heterocycles. The molecule has 1 saturated heterocycles. The minimum atomic E-state index is -0.291. The SMILES string of the molecule is O=C(CSc1nc(-c2ccc(F)cc2)[nH]c1-c1ccccc1)NCC1CCCO1. The second-order valence-electron chi connectivity index (χ2n) is 6.87. The summed E-state index contributed by atoms with van der Waals surface area (Å²) < 4.78 is 18.8. The number of amides is 1. The summed E-state index contributed by atoms with van der Waals surface area (Å²) in [7, 11) is 0. The zero-order valence-electron chi connectivity index (χ0n) is 15.9. The Morgan fingerprint density at radius 3 is 2.69 bits per heavy atom. The molecule has 1 atom stereocenters. The number of H-pyrrole nitrogens is 1. The van der Waals surface area contributed by atoms with E-state index in [1.165, 1.54) is 23.9 Å². The molecule has 3 aromatic rings. The fourth-order valence-corrected chi connectivity index (χ4v) is 4.06. The molecule has 1 fully saturated rings. The highest BCUT2D eigenvalue weighted by Crippen LogP contribution is 2.32. The highest BCUT2D eigenvalue weighted by atomic mass is 32.2. The first-order valence-electron chi connectivity index (χ1n) is 9.61. The largest absolute Gasteiger partial charge is 0.376 e. The van der Waals surface area contributed by atoms with Crippen LogP contribution in [0.1, 0.15) is 12.8 Å². The van der Waals surface area contributed by atoms with Gasteiger partial charge in [0.05, 0.1) is 17.6 Å². The van der Waals surface area contributed by atoms with Crippen molar-refractivity contribution in [2.24, 2.45) is 0 Å². The molecule has 2 N–H and O–H groups in total. The molecule has 1 amide bonds. The van der Waals surface area contributed by atoms with Crippen molar-refractivity contribution in [3.8, 4) is 22.6 Å². The van der Waals surface area contributed by atoms with E-state index in [1.54, 1.807) is 12.1 Å². The monoisotopic (exact) mass is 411 g/mol. The first-order chi connectivity index (χ1) is 14.2. The number of hydrogen-bond donors (Lipinski definition) is 2. The van der Waals surface area contributed by atoms with Crippen molar-refractivity contribution in [3.63, 3.8) is 0 Å². The molecule has 7 heteroatoms. The molecule has 0 aliphatic carbocycles. The van der Waals surface area contributed by atoms with Crippen molar-refractivity contribution in [2.45, 2.75) is 24.0 Å². The molecule has 4 rings (SSSR count). The molecule has 1 unspecified atom stereocenters. The van der Waals surface area contributed by atoms with Crippen molar-refractivity contribution in [1.82, 2.24) is 15.3 Å². The number of carbonyl (C=O) groups excluding carboxylic acids is 1. The van der Waals surface area contributed by atoms with Crippen LogP contribution in [-0.4, -0.2) is 40.9 Å². The highest BCUT2D eigenvalue weighted by Gasteiger charge is 2.18. The number of aromatic nitrogens is 2. The van der Waals surface area contributed by atoms with Crippen LogP contribution in [0.4, 0.5) is 4.39 Å². The zero-order chi connectivity index (χ0) is 20.1.